The van der Waals surface area contributed by atoms with Crippen molar-refractivity contribution in [3.05, 3.63) is 0 Å². The molecule has 1 N–H and O–H groups in total. The molecular formula is C14H32OSi. The largest absolute Gasteiger partial charge is 0.396 e. The van der Waals surface area contributed by atoms with Crippen LogP contribution in [0.3, 0.4) is 0 Å². The lowest BCUT2D eigenvalue weighted by atomic mass is 10.00. The second kappa shape index (κ2) is 6.80. The maximum Gasteiger partial charge on any atom is 0.0527 e. The van der Waals surface area contributed by atoms with Gasteiger partial charge in [0.15, 0.2) is 0 Å². The van der Waals surface area contributed by atoms with Crippen molar-refractivity contribution in [3.63, 3.8) is 0 Å². The fourth-order valence-electron chi connectivity index (χ4n) is 1.94. The average molecular weight is 244 g/mol. The van der Waals surface area contributed by atoms with Crippen LogP contribution in [0, 0.1) is 5.92 Å². The molecule has 0 rings (SSSR count). The molecule has 0 radical (unpaired) electrons. The van der Waals surface area contributed by atoms with Crippen molar-refractivity contribution in [1.29, 1.82) is 0 Å². The molecule has 98 valence electrons. The smallest absolute Gasteiger partial charge is 0.0527 e. The second-order valence-corrected chi connectivity index (χ2v) is 12.6. The van der Waals surface area contributed by atoms with E-state index in [0.29, 0.717) is 17.6 Å². The van der Waals surface area contributed by atoms with Crippen LogP contribution in [0.15, 0.2) is 0 Å². The Morgan fingerprint density at radius 2 is 1.69 bits per heavy atom. The van der Waals surface area contributed by atoms with E-state index in [1.54, 1.807) is 0 Å². The minimum Gasteiger partial charge on any atom is -0.396 e. The Morgan fingerprint density at radius 1 is 1.12 bits per heavy atom. The summed E-state index contributed by atoms with van der Waals surface area (Å²) >= 11 is 0. The van der Waals surface area contributed by atoms with Crippen molar-refractivity contribution in [2.24, 2.45) is 5.92 Å². The Hall–Kier alpha value is 0.177. The van der Waals surface area contributed by atoms with Gasteiger partial charge in [-0.3, -0.25) is 0 Å². The Balaban J connectivity index is 3.97. The highest BCUT2D eigenvalue weighted by Crippen LogP contribution is 2.39. The third-order valence-corrected chi connectivity index (χ3v) is 10.1. The number of hydrogen-bond donors (Lipinski definition) is 1. The van der Waals surface area contributed by atoms with Crippen molar-refractivity contribution in [1.82, 2.24) is 0 Å². The molecule has 0 aromatic heterocycles. The predicted octanol–water partition coefficient (Wildman–Crippen LogP) is 4.68. The fourth-order valence-corrected chi connectivity index (χ4v) is 3.78. The highest BCUT2D eigenvalue weighted by Gasteiger charge is 2.34. The topological polar surface area (TPSA) is 20.2 Å². The van der Waals surface area contributed by atoms with E-state index in [1.807, 2.05) is 0 Å². The summed E-state index contributed by atoms with van der Waals surface area (Å²) in [6.07, 6.45) is 4.91. The van der Waals surface area contributed by atoms with Crippen LogP contribution in [0.2, 0.25) is 24.2 Å². The van der Waals surface area contributed by atoms with Crippen molar-refractivity contribution < 1.29 is 5.11 Å². The number of hydrogen-bond acceptors (Lipinski definition) is 1. The van der Waals surface area contributed by atoms with E-state index in [-0.39, 0.29) is 0 Å². The normalized spacial score (nSPS) is 15.2. The molecule has 0 aromatic carbocycles. The van der Waals surface area contributed by atoms with Gasteiger partial charge in [-0.2, -0.15) is 0 Å². The van der Waals surface area contributed by atoms with Gasteiger partial charge in [0.25, 0.3) is 0 Å². The number of aliphatic hydroxyl groups is 1. The van der Waals surface area contributed by atoms with E-state index in [9.17, 15) is 5.11 Å². The van der Waals surface area contributed by atoms with E-state index in [2.05, 4.69) is 40.8 Å². The summed E-state index contributed by atoms with van der Waals surface area (Å²) in [4.78, 5) is 0. The van der Waals surface area contributed by atoms with Crippen LogP contribution in [0.5, 0.6) is 0 Å². The Bertz CT molecular complexity index is 182. The number of aliphatic hydroxyl groups excluding tert-OH is 1. The van der Waals surface area contributed by atoms with Gasteiger partial charge in [0.05, 0.1) is 8.07 Å². The van der Waals surface area contributed by atoms with Gasteiger partial charge >= 0.3 is 0 Å². The Kier molecular flexibility index (Phi) is 6.88. The molecule has 0 aliphatic heterocycles. The van der Waals surface area contributed by atoms with E-state index in [4.69, 9.17) is 0 Å². The highest BCUT2D eigenvalue weighted by molar-refractivity contribution is 6.80. The molecule has 0 amide bonds. The van der Waals surface area contributed by atoms with Crippen molar-refractivity contribution >= 4 is 8.07 Å². The van der Waals surface area contributed by atoms with E-state index in [0.717, 1.165) is 0 Å². The van der Waals surface area contributed by atoms with Crippen LogP contribution in [-0.4, -0.2) is 19.8 Å². The van der Waals surface area contributed by atoms with Gasteiger partial charge in [0.1, 0.15) is 0 Å². The molecular weight excluding hydrogens is 212 g/mol. The monoisotopic (exact) mass is 244 g/mol. The van der Waals surface area contributed by atoms with Crippen LogP contribution in [-0.2, 0) is 0 Å². The molecule has 0 aliphatic carbocycles. The molecule has 0 unspecified atom stereocenters. The van der Waals surface area contributed by atoms with E-state index < -0.39 is 8.07 Å². The molecule has 2 heteroatoms. The van der Waals surface area contributed by atoms with Gasteiger partial charge in [-0.15, -0.1) is 0 Å². The van der Waals surface area contributed by atoms with E-state index in [1.165, 1.54) is 31.7 Å². The quantitative estimate of drug-likeness (QED) is 0.645. The van der Waals surface area contributed by atoms with Crippen molar-refractivity contribution in [2.45, 2.75) is 77.6 Å². The highest BCUT2D eigenvalue weighted by atomic mass is 28.3. The van der Waals surface area contributed by atoms with Gasteiger partial charge < -0.3 is 5.11 Å². The standard InChI is InChI=1S/C14H32OSi/c1-7-9-13(12-15)10-8-11-16(5,6)14(2,3)4/h13,15H,7-12H2,1-6H3/t13-/m1/s1. The van der Waals surface area contributed by atoms with Gasteiger partial charge in [-0.05, 0) is 23.8 Å². The molecule has 0 bridgehead atoms. The summed E-state index contributed by atoms with van der Waals surface area (Å²) in [6, 6.07) is 1.40. The zero-order valence-electron chi connectivity index (χ0n) is 12.3. The van der Waals surface area contributed by atoms with Crippen LogP contribution in [0.4, 0.5) is 0 Å². The molecule has 16 heavy (non-hydrogen) atoms. The Morgan fingerprint density at radius 3 is 2.06 bits per heavy atom. The van der Waals surface area contributed by atoms with Gasteiger partial charge in [-0.25, -0.2) is 0 Å². The summed E-state index contributed by atoms with van der Waals surface area (Å²) in [6.45, 7) is 14.7. The second-order valence-electron chi connectivity index (χ2n) is 6.86. The first-order valence-electron chi connectivity index (χ1n) is 6.85. The molecule has 0 saturated carbocycles. The first kappa shape index (κ1) is 16.2. The summed E-state index contributed by atoms with van der Waals surface area (Å²) in [5, 5.41) is 9.76. The van der Waals surface area contributed by atoms with Gasteiger partial charge in [-0.1, -0.05) is 59.7 Å². The Labute approximate surface area is 104 Å². The van der Waals surface area contributed by atoms with Crippen LogP contribution in [0.25, 0.3) is 0 Å². The number of rotatable bonds is 7. The van der Waals surface area contributed by atoms with Crippen LogP contribution >= 0.6 is 0 Å². The molecule has 0 spiro atoms. The SMILES string of the molecule is CCC[C@@H](CO)CCC[Si](C)(C)C(C)(C)C. The lowest BCUT2D eigenvalue weighted by molar-refractivity contribution is 0.209. The average Bonchev–Trinajstić information content (AvgIpc) is 2.14. The first-order chi connectivity index (χ1) is 7.24. The summed E-state index contributed by atoms with van der Waals surface area (Å²) < 4.78 is 0. The van der Waals surface area contributed by atoms with E-state index >= 15 is 0 Å². The lowest BCUT2D eigenvalue weighted by Crippen LogP contribution is -2.36. The van der Waals surface area contributed by atoms with Crippen LogP contribution < -0.4 is 0 Å². The first-order valence-corrected chi connectivity index (χ1v) is 10.1. The lowest BCUT2D eigenvalue weighted by Gasteiger charge is -2.37. The summed E-state index contributed by atoms with van der Waals surface area (Å²) in [5.41, 5.74) is 0. The molecule has 0 aromatic rings. The fraction of sp³-hybridized carbons (Fsp3) is 1.00. The zero-order chi connectivity index (χ0) is 12.8. The van der Waals surface area contributed by atoms with Crippen molar-refractivity contribution in [2.75, 3.05) is 6.61 Å². The zero-order valence-corrected chi connectivity index (χ0v) is 13.3. The minimum absolute atomic E-state index is 0.380. The predicted molar refractivity (Wildman–Crippen MR) is 76.7 cm³/mol. The maximum absolute atomic E-state index is 9.26. The molecule has 0 fully saturated rings. The maximum atomic E-state index is 9.26. The summed E-state index contributed by atoms with van der Waals surface area (Å²) in [5.74, 6) is 0.551. The molecule has 1 nitrogen and oxygen atoms in total. The molecule has 0 saturated heterocycles. The third kappa shape index (κ3) is 5.49. The third-order valence-electron chi connectivity index (χ3n) is 4.40. The minimum atomic E-state index is -1.09. The molecule has 0 heterocycles. The molecule has 1 atom stereocenters. The summed E-state index contributed by atoms with van der Waals surface area (Å²) in [7, 11) is -1.09. The van der Waals surface area contributed by atoms with Gasteiger partial charge in [0, 0.05) is 6.61 Å². The molecule has 0 aliphatic rings. The van der Waals surface area contributed by atoms with Crippen LogP contribution in [0.1, 0.15) is 53.4 Å². The van der Waals surface area contributed by atoms with Gasteiger partial charge in [0.2, 0.25) is 0 Å². The van der Waals surface area contributed by atoms with Crippen molar-refractivity contribution in [3.8, 4) is 0 Å².